The summed E-state index contributed by atoms with van der Waals surface area (Å²) in [5.41, 5.74) is 1.76. The average Bonchev–Trinajstić information content (AvgIpc) is 2.38. The summed E-state index contributed by atoms with van der Waals surface area (Å²) >= 11 is 6.20. The van der Waals surface area contributed by atoms with Crippen LogP contribution in [0.1, 0.15) is 17.8 Å². The minimum Gasteiger partial charge on any atom is -0.385 e. The predicted octanol–water partition coefficient (Wildman–Crippen LogP) is 2.24. The van der Waals surface area contributed by atoms with Crippen molar-refractivity contribution < 1.29 is 9.47 Å². The normalized spacial score (nSPS) is 10.8. The lowest BCUT2D eigenvalue weighted by Crippen LogP contribution is -2.30. The highest BCUT2D eigenvalue weighted by Gasteiger charge is 2.14. The van der Waals surface area contributed by atoms with Crippen molar-refractivity contribution in [2.45, 2.75) is 20.3 Å². The third-order valence-electron chi connectivity index (χ3n) is 2.89. The zero-order valence-corrected chi connectivity index (χ0v) is 12.8. The topological polar surface area (TPSA) is 47.5 Å². The molecule has 0 amide bonds. The molecule has 0 aliphatic heterocycles. The number of halogens is 1. The van der Waals surface area contributed by atoms with E-state index in [9.17, 15) is 0 Å². The summed E-state index contributed by atoms with van der Waals surface area (Å²) in [5, 5.41) is 0.441. The van der Waals surface area contributed by atoms with E-state index in [4.69, 9.17) is 21.1 Å². The fourth-order valence-corrected chi connectivity index (χ4v) is 1.98. The highest BCUT2D eigenvalue weighted by atomic mass is 35.5. The summed E-state index contributed by atoms with van der Waals surface area (Å²) in [6, 6.07) is 0. The monoisotopic (exact) mass is 287 g/mol. The van der Waals surface area contributed by atoms with Crippen molar-refractivity contribution in [1.29, 1.82) is 0 Å². The van der Waals surface area contributed by atoms with Gasteiger partial charge < -0.3 is 14.4 Å². The Bertz CT molecular complexity index is 402. The van der Waals surface area contributed by atoms with Gasteiger partial charge in [0.2, 0.25) is 0 Å². The summed E-state index contributed by atoms with van der Waals surface area (Å²) in [7, 11) is 3.38. The molecule has 1 heterocycles. The molecule has 5 nitrogen and oxygen atoms in total. The Morgan fingerprint density at radius 1 is 1.00 bits per heavy atom. The molecule has 1 aromatic heterocycles. The molecule has 0 unspecified atom stereocenters. The van der Waals surface area contributed by atoms with Crippen LogP contribution in [-0.4, -0.2) is 50.5 Å². The quantitative estimate of drug-likeness (QED) is 0.686. The summed E-state index contributed by atoms with van der Waals surface area (Å²) in [6.45, 7) is 6.72. The van der Waals surface area contributed by atoms with E-state index >= 15 is 0 Å². The van der Waals surface area contributed by atoms with Gasteiger partial charge in [-0.25, -0.2) is 9.97 Å². The third-order valence-corrected chi connectivity index (χ3v) is 3.14. The van der Waals surface area contributed by atoms with Crippen molar-refractivity contribution in [2.75, 3.05) is 45.4 Å². The van der Waals surface area contributed by atoms with E-state index in [1.807, 2.05) is 13.8 Å². The zero-order chi connectivity index (χ0) is 14.3. The maximum absolute atomic E-state index is 6.20. The molecular weight excluding hydrogens is 266 g/mol. The first-order valence-electron chi connectivity index (χ1n) is 6.33. The van der Waals surface area contributed by atoms with Crippen LogP contribution in [0.15, 0.2) is 0 Å². The number of nitrogens with zero attached hydrogens (tertiary/aromatic N) is 3. The molecule has 0 saturated carbocycles. The third kappa shape index (κ3) is 4.93. The molecule has 0 bridgehead atoms. The Labute approximate surface area is 119 Å². The molecule has 108 valence electrons. The number of anilines is 1. The molecule has 0 atom stereocenters. The number of aryl methyl sites for hydroxylation is 2. The minimum absolute atomic E-state index is 0.441. The first-order chi connectivity index (χ1) is 9.10. The smallest absolute Gasteiger partial charge is 0.171 e. The van der Waals surface area contributed by atoms with E-state index in [0.29, 0.717) is 18.4 Å². The Morgan fingerprint density at radius 3 is 2.26 bits per heavy atom. The lowest BCUT2D eigenvalue weighted by Gasteiger charge is -2.24. The van der Waals surface area contributed by atoms with Crippen molar-refractivity contribution in [1.82, 2.24) is 9.97 Å². The maximum atomic E-state index is 6.20. The van der Waals surface area contributed by atoms with Gasteiger partial charge in [0, 0.05) is 33.9 Å². The minimum atomic E-state index is 0.441. The average molecular weight is 288 g/mol. The van der Waals surface area contributed by atoms with Gasteiger partial charge in [-0.3, -0.25) is 0 Å². The van der Waals surface area contributed by atoms with Crippen molar-refractivity contribution in [3.63, 3.8) is 0 Å². The number of hydrogen-bond donors (Lipinski definition) is 0. The molecule has 1 aromatic rings. The van der Waals surface area contributed by atoms with Gasteiger partial charge >= 0.3 is 0 Å². The van der Waals surface area contributed by atoms with E-state index in [0.717, 1.165) is 36.7 Å². The van der Waals surface area contributed by atoms with E-state index < -0.39 is 0 Å². The van der Waals surface area contributed by atoms with Crippen LogP contribution in [0.25, 0.3) is 0 Å². The molecule has 0 spiro atoms. The van der Waals surface area contributed by atoms with Gasteiger partial charge in [0.05, 0.1) is 18.0 Å². The van der Waals surface area contributed by atoms with E-state index in [-0.39, 0.29) is 0 Å². The fraction of sp³-hybridized carbons (Fsp3) is 0.692. The largest absolute Gasteiger partial charge is 0.385 e. The molecule has 1 rings (SSSR count). The van der Waals surface area contributed by atoms with Crippen LogP contribution in [0.3, 0.4) is 0 Å². The number of rotatable bonds is 8. The standard InChI is InChI=1S/C13H22ClN3O2/c1-10-11(2)16-13(12(14)15-10)17(7-9-19-4)6-5-8-18-3/h5-9H2,1-4H3. The van der Waals surface area contributed by atoms with Crippen LogP contribution in [0.4, 0.5) is 5.82 Å². The molecule has 0 N–H and O–H groups in total. The number of aromatic nitrogens is 2. The number of hydrogen-bond acceptors (Lipinski definition) is 5. The van der Waals surface area contributed by atoms with Gasteiger partial charge in [0.25, 0.3) is 0 Å². The number of ether oxygens (including phenoxy) is 2. The van der Waals surface area contributed by atoms with Crippen LogP contribution in [0.5, 0.6) is 0 Å². The molecule has 0 aromatic carbocycles. The van der Waals surface area contributed by atoms with Gasteiger partial charge in [0.15, 0.2) is 11.0 Å². The molecule has 0 saturated heterocycles. The Kier molecular flexibility index (Phi) is 7.05. The van der Waals surface area contributed by atoms with Crippen LogP contribution in [-0.2, 0) is 9.47 Å². The maximum Gasteiger partial charge on any atom is 0.171 e. The molecular formula is C13H22ClN3O2. The van der Waals surface area contributed by atoms with Gasteiger partial charge in [0.1, 0.15) is 0 Å². The second-order valence-electron chi connectivity index (χ2n) is 4.34. The van der Waals surface area contributed by atoms with E-state index in [2.05, 4.69) is 14.9 Å². The fourth-order valence-electron chi connectivity index (χ4n) is 1.69. The van der Waals surface area contributed by atoms with Crippen molar-refractivity contribution in [3.8, 4) is 0 Å². The number of methoxy groups -OCH3 is 2. The predicted molar refractivity (Wildman–Crippen MR) is 77.1 cm³/mol. The second-order valence-corrected chi connectivity index (χ2v) is 4.69. The van der Waals surface area contributed by atoms with Crippen molar-refractivity contribution >= 4 is 17.4 Å². The summed E-state index contributed by atoms with van der Waals surface area (Å²) in [4.78, 5) is 10.9. The lowest BCUT2D eigenvalue weighted by molar-refractivity contribution is 0.191. The van der Waals surface area contributed by atoms with Gasteiger partial charge in [-0.1, -0.05) is 11.6 Å². The van der Waals surface area contributed by atoms with E-state index in [1.165, 1.54) is 0 Å². The molecule has 0 aliphatic carbocycles. The van der Waals surface area contributed by atoms with Crippen LogP contribution in [0.2, 0.25) is 5.15 Å². The van der Waals surface area contributed by atoms with Crippen molar-refractivity contribution in [2.24, 2.45) is 0 Å². The SMILES string of the molecule is COCCCN(CCOC)c1nc(C)c(C)nc1Cl. The zero-order valence-electron chi connectivity index (χ0n) is 12.1. The van der Waals surface area contributed by atoms with Gasteiger partial charge in [-0.05, 0) is 20.3 Å². The first kappa shape index (κ1) is 16.1. The Balaban J connectivity index is 2.85. The van der Waals surface area contributed by atoms with Gasteiger partial charge in [-0.15, -0.1) is 0 Å². The van der Waals surface area contributed by atoms with E-state index in [1.54, 1.807) is 14.2 Å². The van der Waals surface area contributed by atoms with Crippen LogP contribution < -0.4 is 4.90 Å². The Morgan fingerprint density at radius 2 is 1.63 bits per heavy atom. The van der Waals surface area contributed by atoms with Gasteiger partial charge in [-0.2, -0.15) is 0 Å². The Hall–Kier alpha value is -0.910. The second kappa shape index (κ2) is 8.30. The summed E-state index contributed by atoms with van der Waals surface area (Å²) in [6.07, 6.45) is 0.908. The molecule has 0 fully saturated rings. The summed E-state index contributed by atoms with van der Waals surface area (Å²) < 4.78 is 10.2. The summed E-state index contributed by atoms with van der Waals surface area (Å²) in [5.74, 6) is 0.720. The highest BCUT2D eigenvalue weighted by Crippen LogP contribution is 2.22. The van der Waals surface area contributed by atoms with Crippen molar-refractivity contribution in [3.05, 3.63) is 16.5 Å². The highest BCUT2D eigenvalue weighted by molar-refractivity contribution is 6.31. The van der Waals surface area contributed by atoms with Crippen LogP contribution >= 0.6 is 11.6 Å². The lowest BCUT2D eigenvalue weighted by atomic mass is 10.3. The molecule has 0 aliphatic rings. The first-order valence-corrected chi connectivity index (χ1v) is 6.71. The van der Waals surface area contributed by atoms with Crippen LogP contribution in [0, 0.1) is 13.8 Å². The molecule has 19 heavy (non-hydrogen) atoms. The molecule has 6 heteroatoms. The molecule has 0 radical (unpaired) electrons.